The number of alkyl halides is 3. The molecular formula is C23H22ClF3N2O3S. The number of rotatable bonds is 7. The van der Waals surface area contributed by atoms with Gasteiger partial charge in [-0.15, -0.1) is 0 Å². The molecule has 5 nitrogen and oxygen atoms in total. The van der Waals surface area contributed by atoms with E-state index in [1.54, 1.807) is 19.1 Å². The normalized spacial score (nSPS) is 12.5. The number of fused-ring (bicyclic) bond motifs is 1. The van der Waals surface area contributed by atoms with E-state index >= 15 is 0 Å². The van der Waals surface area contributed by atoms with Gasteiger partial charge in [-0.05, 0) is 54.8 Å². The Morgan fingerprint density at radius 3 is 2.55 bits per heavy atom. The third kappa shape index (κ3) is 5.97. The number of aromatic nitrogens is 1. The van der Waals surface area contributed by atoms with Gasteiger partial charge in [0.05, 0.1) is 5.56 Å². The number of allylic oxidation sites excluding steroid dienone is 1. The molecular weight excluding hydrogens is 477 g/mol. The van der Waals surface area contributed by atoms with Crippen molar-refractivity contribution in [1.82, 2.24) is 9.71 Å². The van der Waals surface area contributed by atoms with Crippen LogP contribution >= 0.6 is 11.6 Å². The minimum atomic E-state index is -4.49. The highest BCUT2D eigenvalue weighted by Gasteiger charge is 2.31. The number of halogens is 4. The van der Waals surface area contributed by atoms with Crippen LogP contribution in [0.3, 0.4) is 0 Å². The molecule has 1 heterocycles. The number of aromatic amines is 1. The van der Waals surface area contributed by atoms with E-state index in [0.717, 1.165) is 35.2 Å². The van der Waals surface area contributed by atoms with Gasteiger partial charge in [-0.1, -0.05) is 37.1 Å². The van der Waals surface area contributed by atoms with Gasteiger partial charge in [0.1, 0.15) is 0 Å². The highest BCUT2D eigenvalue weighted by atomic mass is 35.5. The fraction of sp³-hybridized carbons (Fsp3) is 0.261. The SMILES string of the molecule is CCCC=CS(=O)(=O)NC(=O)c1ccc2[nH]c(C)c(Cc3ccc(C(F)(F)F)cc3Cl)c2c1. The van der Waals surface area contributed by atoms with Gasteiger partial charge in [-0.25, -0.2) is 13.1 Å². The van der Waals surface area contributed by atoms with E-state index in [-0.39, 0.29) is 17.0 Å². The van der Waals surface area contributed by atoms with Gasteiger partial charge in [0.15, 0.2) is 0 Å². The van der Waals surface area contributed by atoms with E-state index in [1.807, 2.05) is 11.6 Å². The van der Waals surface area contributed by atoms with E-state index in [0.29, 0.717) is 22.9 Å². The average Bonchev–Trinajstić information content (AvgIpc) is 3.02. The van der Waals surface area contributed by atoms with Crippen LogP contribution in [-0.2, 0) is 22.6 Å². The molecule has 0 atom stereocenters. The molecule has 0 unspecified atom stereocenters. The first kappa shape index (κ1) is 24.9. The van der Waals surface area contributed by atoms with Crippen LogP contribution in [0.15, 0.2) is 47.9 Å². The highest BCUT2D eigenvalue weighted by Crippen LogP contribution is 2.34. The Hall–Kier alpha value is -2.78. The lowest BCUT2D eigenvalue weighted by atomic mass is 9.99. The van der Waals surface area contributed by atoms with Gasteiger partial charge in [-0.3, -0.25) is 4.79 Å². The third-order valence-corrected chi connectivity index (χ3v) is 6.47. The fourth-order valence-corrected chi connectivity index (χ4v) is 4.47. The number of unbranched alkanes of at least 4 members (excludes halogenated alkanes) is 1. The largest absolute Gasteiger partial charge is 0.416 e. The molecule has 33 heavy (non-hydrogen) atoms. The molecule has 0 saturated heterocycles. The molecule has 0 fully saturated rings. The molecule has 3 aromatic rings. The zero-order valence-corrected chi connectivity index (χ0v) is 19.5. The number of sulfonamides is 1. The number of hydrogen-bond donors (Lipinski definition) is 2. The fourth-order valence-electron chi connectivity index (χ4n) is 3.39. The van der Waals surface area contributed by atoms with Crippen LogP contribution in [-0.4, -0.2) is 19.3 Å². The van der Waals surface area contributed by atoms with Crippen molar-refractivity contribution in [2.75, 3.05) is 0 Å². The van der Waals surface area contributed by atoms with Gasteiger partial charge >= 0.3 is 6.18 Å². The summed E-state index contributed by atoms with van der Waals surface area (Å²) in [5, 5.41) is 1.60. The van der Waals surface area contributed by atoms with Gasteiger partial charge in [0, 0.05) is 39.0 Å². The zero-order chi connectivity index (χ0) is 24.4. The van der Waals surface area contributed by atoms with Crippen molar-refractivity contribution < 1.29 is 26.4 Å². The number of H-pyrrole nitrogens is 1. The minimum Gasteiger partial charge on any atom is -0.358 e. The van der Waals surface area contributed by atoms with Gasteiger partial charge < -0.3 is 4.98 Å². The van der Waals surface area contributed by atoms with E-state index in [1.165, 1.54) is 18.2 Å². The van der Waals surface area contributed by atoms with Crippen LogP contribution in [0.2, 0.25) is 5.02 Å². The lowest BCUT2D eigenvalue weighted by Gasteiger charge is -2.10. The van der Waals surface area contributed by atoms with Crippen molar-refractivity contribution in [3.63, 3.8) is 0 Å². The van der Waals surface area contributed by atoms with Crippen LogP contribution in [0, 0.1) is 6.92 Å². The monoisotopic (exact) mass is 498 g/mol. The highest BCUT2D eigenvalue weighted by molar-refractivity contribution is 7.92. The average molecular weight is 499 g/mol. The molecule has 0 aliphatic carbocycles. The van der Waals surface area contributed by atoms with Crippen molar-refractivity contribution in [3.05, 3.63) is 80.9 Å². The van der Waals surface area contributed by atoms with Crippen molar-refractivity contribution in [1.29, 1.82) is 0 Å². The van der Waals surface area contributed by atoms with Crippen molar-refractivity contribution in [2.24, 2.45) is 0 Å². The second-order valence-corrected chi connectivity index (χ2v) is 9.58. The van der Waals surface area contributed by atoms with Crippen molar-refractivity contribution in [2.45, 2.75) is 39.3 Å². The lowest BCUT2D eigenvalue weighted by Crippen LogP contribution is -2.28. The van der Waals surface area contributed by atoms with Crippen LogP contribution < -0.4 is 4.72 Å². The van der Waals surface area contributed by atoms with Crippen molar-refractivity contribution in [3.8, 4) is 0 Å². The molecule has 2 aromatic carbocycles. The smallest absolute Gasteiger partial charge is 0.358 e. The summed E-state index contributed by atoms with van der Waals surface area (Å²) in [6.07, 6.45) is -1.45. The minimum absolute atomic E-state index is 0.0163. The Morgan fingerprint density at radius 1 is 1.18 bits per heavy atom. The molecule has 0 aliphatic rings. The topological polar surface area (TPSA) is 79.0 Å². The maximum atomic E-state index is 12.9. The Balaban J connectivity index is 1.92. The molecule has 1 aromatic heterocycles. The first-order chi connectivity index (χ1) is 15.4. The van der Waals surface area contributed by atoms with E-state index in [4.69, 9.17) is 11.6 Å². The summed E-state index contributed by atoms with van der Waals surface area (Å²) in [4.78, 5) is 15.7. The number of hydrogen-bond acceptors (Lipinski definition) is 3. The molecule has 0 spiro atoms. The summed E-state index contributed by atoms with van der Waals surface area (Å²) in [7, 11) is -3.93. The van der Waals surface area contributed by atoms with Crippen molar-refractivity contribution >= 4 is 38.4 Å². The standard InChI is InChI=1S/C23H22ClF3N2O3S/c1-3-4-5-10-33(31,32)29-22(30)16-7-9-21-19(12-16)18(14(2)28-21)11-15-6-8-17(13-20(15)24)23(25,26)27/h5-10,12-13,28H,3-4,11H2,1-2H3,(H,29,30). The molecule has 0 bridgehead atoms. The summed E-state index contributed by atoms with van der Waals surface area (Å²) in [6.45, 7) is 3.70. The number of benzene rings is 2. The zero-order valence-electron chi connectivity index (χ0n) is 17.9. The molecule has 0 saturated carbocycles. The Morgan fingerprint density at radius 2 is 1.91 bits per heavy atom. The second kappa shape index (κ2) is 9.61. The number of carbonyl (C=O) groups is 1. The first-order valence-corrected chi connectivity index (χ1v) is 12.0. The predicted octanol–water partition coefficient (Wildman–Crippen LogP) is 6.11. The second-order valence-electron chi connectivity index (χ2n) is 7.61. The van der Waals surface area contributed by atoms with E-state index < -0.39 is 27.7 Å². The van der Waals surface area contributed by atoms with Gasteiger partial charge in [-0.2, -0.15) is 13.2 Å². The summed E-state index contributed by atoms with van der Waals surface area (Å²) in [5.74, 6) is -0.782. The summed E-state index contributed by atoms with van der Waals surface area (Å²) >= 11 is 6.11. The first-order valence-electron chi connectivity index (χ1n) is 10.1. The molecule has 10 heteroatoms. The Bertz CT molecular complexity index is 1330. The van der Waals surface area contributed by atoms with Crippen LogP contribution in [0.5, 0.6) is 0 Å². The number of nitrogens with one attached hydrogen (secondary N) is 2. The summed E-state index contributed by atoms with van der Waals surface area (Å²) in [6, 6.07) is 7.88. The molecule has 2 N–H and O–H groups in total. The maximum absolute atomic E-state index is 12.9. The van der Waals surface area contributed by atoms with Crippen LogP contribution in [0.25, 0.3) is 10.9 Å². The van der Waals surface area contributed by atoms with E-state index in [2.05, 4.69) is 4.98 Å². The lowest BCUT2D eigenvalue weighted by molar-refractivity contribution is -0.137. The summed E-state index contributed by atoms with van der Waals surface area (Å²) < 4.78 is 64.9. The van der Waals surface area contributed by atoms with E-state index in [9.17, 15) is 26.4 Å². The maximum Gasteiger partial charge on any atom is 0.416 e. The quantitative estimate of drug-likeness (QED) is 0.412. The van der Waals surface area contributed by atoms with Gasteiger partial charge in [0.2, 0.25) is 0 Å². The molecule has 3 rings (SSSR count). The van der Waals surface area contributed by atoms with Gasteiger partial charge in [0.25, 0.3) is 15.9 Å². The van der Waals surface area contributed by atoms with Crippen LogP contribution in [0.4, 0.5) is 13.2 Å². The predicted molar refractivity (Wildman–Crippen MR) is 123 cm³/mol. The number of carbonyl (C=O) groups excluding carboxylic acids is 1. The molecule has 176 valence electrons. The summed E-state index contributed by atoms with van der Waals surface area (Å²) in [5.41, 5.74) is 1.99. The van der Waals surface area contributed by atoms with Crippen LogP contribution in [0.1, 0.15) is 52.5 Å². The molecule has 0 aliphatic heterocycles. The molecule has 1 amide bonds. The number of amides is 1. The third-order valence-electron chi connectivity index (χ3n) is 5.10. The number of aryl methyl sites for hydroxylation is 1. The Labute approximate surface area is 194 Å². The Kier molecular flexibility index (Phi) is 7.23. The molecule has 0 radical (unpaired) electrons.